The third-order valence-electron chi connectivity index (χ3n) is 4.43. The Morgan fingerprint density at radius 3 is 2.79 bits per heavy atom. The molecule has 1 heterocycles. The van der Waals surface area contributed by atoms with Crippen LogP contribution in [0, 0.1) is 18.3 Å². The summed E-state index contributed by atoms with van der Waals surface area (Å²) in [6.07, 6.45) is 0.818. The maximum Gasteiger partial charge on any atom is 0.170 e. The molecule has 3 N–H and O–H groups in total. The molecule has 2 aromatic carbocycles. The molecule has 0 saturated carbocycles. The number of rotatable bonds is 7. The van der Waals surface area contributed by atoms with Gasteiger partial charge in [-0.05, 0) is 49.3 Å². The number of nitrogens with one attached hydrogen (secondary N) is 3. The van der Waals surface area contributed by atoms with Crippen molar-refractivity contribution >= 4 is 39.7 Å². The van der Waals surface area contributed by atoms with Crippen LogP contribution in [0.4, 0.5) is 11.5 Å². The fourth-order valence-electron chi connectivity index (χ4n) is 2.94. The third kappa shape index (κ3) is 5.33. The lowest BCUT2D eigenvalue weighted by Gasteiger charge is -2.12. The smallest absolute Gasteiger partial charge is 0.170 e. The summed E-state index contributed by atoms with van der Waals surface area (Å²) >= 11 is 5.33. The number of pyridine rings is 1. The Balaban J connectivity index is 1.49. The monoisotopic (exact) mass is 405 g/mol. The van der Waals surface area contributed by atoms with Crippen molar-refractivity contribution in [3.8, 4) is 11.8 Å². The van der Waals surface area contributed by atoms with Gasteiger partial charge in [-0.1, -0.05) is 24.3 Å². The zero-order valence-corrected chi connectivity index (χ0v) is 17.3. The van der Waals surface area contributed by atoms with Gasteiger partial charge in [0.05, 0.1) is 18.2 Å². The summed E-state index contributed by atoms with van der Waals surface area (Å²) in [5.74, 6) is 1.39. The molecule has 0 unspecified atom stereocenters. The van der Waals surface area contributed by atoms with Crippen molar-refractivity contribution in [1.82, 2.24) is 10.3 Å². The van der Waals surface area contributed by atoms with Gasteiger partial charge in [-0.25, -0.2) is 4.98 Å². The molecule has 0 aliphatic carbocycles. The molecular weight excluding hydrogens is 382 g/mol. The Labute approximate surface area is 175 Å². The highest BCUT2D eigenvalue weighted by molar-refractivity contribution is 7.80. The number of thiocarbonyl (C=S) groups is 1. The molecule has 1 aromatic heterocycles. The Hall–Kier alpha value is -3.37. The maximum absolute atomic E-state index is 9.42. The number of aromatic nitrogens is 1. The minimum absolute atomic E-state index is 0.547. The van der Waals surface area contributed by atoms with E-state index >= 15 is 0 Å². The van der Waals surface area contributed by atoms with E-state index in [-0.39, 0.29) is 0 Å². The average molecular weight is 406 g/mol. The number of hydrogen-bond acceptors (Lipinski definition) is 5. The summed E-state index contributed by atoms with van der Waals surface area (Å²) in [6, 6.07) is 17.7. The van der Waals surface area contributed by atoms with Crippen LogP contribution in [0.5, 0.6) is 5.75 Å². The highest BCUT2D eigenvalue weighted by Gasteiger charge is 2.08. The number of ether oxygens (including phenoxy) is 1. The first-order valence-corrected chi connectivity index (χ1v) is 9.75. The second-order valence-electron chi connectivity index (χ2n) is 6.54. The molecule has 7 heteroatoms. The van der Waals surface area contributed by atoms with Crippen molar-refractivity contribution in [1.29, 1.82) is 5.26 Å². The SMILES string of the molecule is COc1cccc(NC(=S)NCCCNc2nc3c(C)cccc3cc2C#N)c1. The number of methoxy groups -OCH3 is 1. The van der Waals surface area contributed by atoms with Crippen molar-refractivity contribution < 1.29 is 4.74 Å². The number of benzene rings is 2. The Bertz CT molecular complexity index is 1060. The van der Waals surface area contributed by atoms with Crippen molar-refractivity contribution in [3.63, 3.8) is 0 Å². The predicted molar refractivity (Wildman–Crippen MR) is 122 cm³/mol. The van der Waals surface area contributed by atoms with E-state index in [4.69, 9.17) is 17.0 Å². The van der Waals surface area contributed by atoms with Gasteiger partial charge in [0.25, 0.3) is 0 Å². The molecule has 0 atom stereocenters. The molecule has 0 saturated heterocycles. The van der Waals surface area contributed by atoms with Gasteiger partial charge >= 0.3 is 0 Å². The van der Waals surface area contributed by atoms with Gasteiger partial charge in [-0.3, -0.25) is 0 Å². The van der Waals surface area contributed by atoms with Crippen molar-refractivity contribution in [3.05, 3.63) is 59.7 Å². The van der Waals surface area contributed by atoms with Crippen LogP contribution in [0.1, 0.15) is 17.5 Å². The maximum atomic E-state index is 9.42. The first-order chi connectivity index (χ1) is 14.1. The Morgan fingerprint density at radius 1 is 1.17 bits per heavy atom. The highest BCUT2D eigenvalue weighted by Crippen LogP contribution is 2.22. The molecular formula is C22H23N5OS. The van der Waals surface area contributed by atoms with Gasteiger partial charge in [0.1, 0.15) is 17.6 Å². The number of nitriles is 1. The molecule has 0 amide bonds. The molecule has 0 radical (unpaired) electrons. The van der Waals surface area contributed by atoms with E-state index in [0.717, 1.165) is 34.3 Å². The van der Waals surface area contributed by atoms with Gasteiger partial charge in [0.15, 0.2) is 5.11 Å². The summed E-state index contributed by atoms with van der Waals surface area (Å²) in [5, 5.41) is 20.5. The quantitative estimate of drug-likeness (QED) is 0.401. The van der Waals surface area contributed by atoms with Crippen molar-refractivity contribution in [2.24, 2.45) is 0 Å². The lowest BCUT2D eigenvalue weighted by molar-refractivity contribution is 0.415. The summed E-state index contributed by atoms with van der Waals surface area (Å²) in [4.78, 5) is 4.65. The summed E-state index contributed by atoms with van der Waals surface area (Å²) in [7, 11) is 1.63. The molecule has 29 heavy (non-hydrogen) atoms. The molecule has 3 aromatic rings. The molecule has 0 aliphatic heterocycles. The third-order valence-corrected chi connectivity index (χ3v) is 4.67. The van der Waals surface area contributed by atoms with E-state index in [1.165, 1.54) is 0 Å². The van der Waals surface area contributed by atoms with Crippen molar-refractivity contribution in [2.45, 2.75) is 13.3 Å². The van der Waals surface area contributed by atoms with Crippen LogP contribution in [0.3, 0.4) is 0 Å². The fourth-order valence-corrected chi connectivity index (χ4v) is 3.16. The molecule has 3 rings (SSSR count). The van der Waals surface area contributed by atoms with Crippen molar-refractivity contribution in [2.75, 3.05) is 30.8 Å². The van der Waals surface area contributed by atoms with E-state index < -0.39 is 0 Å². The standard InChI is InChI=1S/C22H23N5OS/c1-15-6-3-7-16-12-17(14-23)21(27-20(15)16)24-10-5-11-25-22(29)26-18-8-4-9-19(13-18)28-2/h3-4,6-9,12-13H,5,10-11H2,1-2H3,(H,24,27)(H2,25,26,29). The van der Waals surface area contributed by atoms with E-state index in [0.29, 0.717) is 29.6 Å². The number of hydrogen-bond donors (Lipinski definition) is 3. The zero-order chi connectivity index (χ0) is 20.6. The number of anilines is 2. The fraction of sp³-hybridized carbons (Fsp3) is 0.227. The summed E-state index contributed by atoms with van der Waals surface area (Å²) in [5.41, 5.74) is 3.42. The minimum atomic E-state index is 0.547. The predicted octanol–water partition coefficient (Wildman–Crippen LogP) is 4.21. The Kier molecular flexibility index (Phi) is 6.82. The highest BCUT2D eigenvalue weighted by atomic mass is 32.1. The van der Waals surface area contributed by atoms with Gasteiger partial charge in [-0.2, -0.15) is 5.26 Å². The lowest BCUT2D eigenvalue weighted by Crippen LogP contribution is -2.30. The Morgan fingerprint density at radius 2 is 2.00 bits per heavy atom. The van der Waals surface area contributed by atoms with Crippen LogP contribution in [-0.4, -0.2) is 30.3 Å². The first kappa shape index (κ1) is 20.4. The first-order valence-electron chi connectivity index (χ1n) is 9.34. The number of aryl methyl sites for hydroxylation is 1. The molecule has 0 fully saturated rings. The number of para-hydroxylation sites is 1. The van der Waals surface area contributed by atoms with E-state index in [2.05, 4.69) is 27.0 Å². The van der Waals surface area contributed by atoms with E-state index in [1.54, 1.807) is 7.11 Å². The van der Waals surface area contributed by atoms with E-state index in [1.807, 2.05) is 55.5 Å². The normalized spacial score (nSPS) is 10.2. The van der Waals surface area contributed by atoms with Crippen LogP contribution in [-0.2, 0) is 0 Å². The second-order valence-corrected chi connectivity index (χ2v) is 6.94. The van der Waals surface area contributed by atoms with Crippen LogP contribution < -0.4 is 20.7 Å². The topological polar surface area (TPSA) is 82.0 Å². The average Bonchev–Trinajstić information content (AvgIpc) is 2.73. The molecule has 0 spiro atoms. The molecule has 0 bridgehead atoms. The zero-order valence-electron chi connectivity index (χ0n) is 16.5. The summed E-state index contributed by atoms with van der Waals surface area (Å²) < 4.78 is 5.20. The number of nitrogens with zero attached hydrogens (tertiary/aromatic N) is 2. The lowest BCUT2D eigenvalue weighted by atomic mass is 10.1. The second kappa shape index (κ2) is 9.71. The van der Waals surface area contributed by atoms with Gasteiger partial charge in [-0.15, -0.1) is 0 Å². The van der Waals surface area contributed by atoms with Gasteiger partial charge in [0.2, 0.25) is 0 Å². The summed E-state index contributed by atoms with van der Waals surface area (Å²) in [6.45, 7) is 3.39. The molecule has 148 valence electrons. The van der Waals surface area contributed by atoms with Crippen LogP contribution in [0.25, 0.3) is 10.9 Å². The molecule has 6 nitrogen and oxygen atoms in total. The molecule has 0 aliphatic rings. The number of fused-ring (bicyclic) bond motifs is 1. The van der Waals surface area contributed by atoms with Gasteiger partial charge < -0.3 is 20.7 Å². The van der Waals surface area contributed by atoms with Crippen LogP contribution >= 0.6 is 12.2 Å². The minimum Gasteiger partial charge on any atom is -0.497 e. The van der Waals surface area contributed by atoms with Crippen LogP contribution in [0.2, 0.25) is 0 Å². The van der Waals surface area contributed by atoms with Crippen LogP contribution in [0.15, 0.2) is 48.5 Å². The van der Waals surface area contributed by atoms with E-state index in [9.17, 15) is 5.26 Å². The van der Waals surface area contributed by atoms with Gasteiger partial charge in [0, 0.05) is 30.2 Å². The largest absolute Gasteiger partial charge is 0.497 e.